The molecule has 0 unspecified atom stereocenters. The van der Waals surface area contributed by atoms with Crippen molar-refractivity contribution in [3.8, 4) is 28.3 Å². The fourth-order valence-electron chi connectivity index (χ4n) is 2.46. The molecule has 1 heterocycles. The van der Waals surface area contributed by atoms with Crippen LogP contribution in [0.4, 0.5) is 5.69 Å². The van der Waals surface area contributed by atoms with E-state index in [1.807, 2.05) is 37.3 Å². The molecule has 2 aromatic carbocycles. The van der Waals surface area contributed by atoms with Crippen molar-refractivity contribution < 1.29 is 4.74 Å². The molecular weight excluding hydrogens is 276 g/mol. The minimum atomic E-state index is 0.727. The van der Waals surface area contributed by atoms with E-state index in [1.54, 1.807) is 7.11 Å². The van der Waals surface area contributed by atoms with Gasteiger partial charge in [0.15, 0.2) is 0 Å². The molecule has 0 atom stereocenters. The van der Waals surface area contributed by atoms with E-state index in [0.29, 0.717) is 0 Å². The van der Waals surface area contributed by atoms with Gasteiger partial charge >= 0.3 is 0 Å². The average Bonchev–Trinajstić information content (AvgIpc) is 3.00. The van der Waals surface area contributed by atoms with Crippen molar-refractivity contribution in [1.82, 2.24) is 15.4 Å². The largest absolute Gasteiger partial charge is 0.496 e. The maximum atomic E-state index is 5.75. The molecule has 0 spiro atoms. The number of rotatable bonds is 3. The number of nitrogen functional groups attached to an aromatic ring is 1. The summed E-state index contributed by atoms with van der Waals surface area (Å²) >= 11 is 0. The molecule has 0 aliphatic heterocycles. The van der Waals surface area contributed by atoms with Crippen molar-refractivity contribution in [2.24, 2.45) is 0 Å². The highest BCUT2D eigenvalue weighted by Gasteiger charge is 2.14. The zero-order chi connectivity index (χ0) is 15.7. The SMILES string of the molecule is COc1cc(-c2nn[nH]c2-c2ccc(N)cc2)cc(C)c1C. The van der Waals surface area contributed by atoms with Crippen LogP contribution in [0.2, 0.25) is 0 Å². The third-order valence-electron chi connectivity index (χ3n) is 3.86. The van der Waals surface area contributed by atoms with E-state index in [4.69, 9.17) is 10.5 Å². The number of H-pyrrole nitrogens is 1. The van der Waals surface area contributed by atoms with Crippen LogP contribution in [-0.2, 0) is 0 Å². The Labute approximate surface area is 129 Å². The van der Waals surface area contributed by atoms with Gasteiger partial charge in [0.1, 0.15) is 11.4 Å². The van der Waals surface area contributed by atoms with E-state index in [1.165, 1.54) is 0 Å². The van der Waals surface area contributed by atoms with Crippen LogP contribution in [-0.4, -0.2) is 22.5 Å². The standard InChI is InChI=1S/C17H18N4O/c1-10-8-13(9-15(22-3)11(10)2)17-16(19-21-20-17)12-4-6-14(18)7-5-12/h4-9H,18H2,1-3H3,(H,19,20,21). The first-order valence-electron chi connectivity index (χ1n) is 7.02. The molecule has 1 aromatic heterocycles. The molecule has 0 aliphatic rings. The monoisotopic (exact) mass is 294 g/mol. The van der Waals surface area contributed by atoms with Crippen molar-refractivity contribution >= 4 is 5.69 Å². The summed E-state index contributed by atoms with van der Waals surface area (Å²) in [6.07, 6.45) is 0. The van der Waals surface area contributed by atoms with Gasteiger partial charge in [0.2, 0.25) is 0 Å². The van der Waals surface area contributed by atoms with E-state index < -0.39 is 0 Å². The predicted octanol–water partition coefficient (Wildman–Crippen LogP) is 3.35. The summed E-state index contributed by atoms with van der Waals surface area (Å²) in [6, 6.07) is 11.7. The van der Waals surface area contributed by atoms with Crippen LogP contribution in [0.3, 0.4) is 0 Å². The Morgan fingerprint density at radius 3 is 2.45 bits per heavy atom. The number of anilines is 1. The third kappa shape index (κ3) is 2.41. The molecule has 0 aliphatic carbocycles. The van der Waals surface area contributed by atoms with Gasteiger partial charge in [0.25, 0.3) is 0 Å². The van der Waals surface area contributed by atoms with Crippen molar-refractivity contribution in [3.05, 3.63) is 47.5 Å². The summed E-state index contributed by atoms with van der Waals surface area (Å²) in [5.74, 6) is 0.848. The Kier molecular flexibility index (Phi) is 3.55. The number of methoxy groups -OCH3 is 1. The average molecular weight is 294 g/mol. The highest BCUT2D eigenvalue weighted by atomic mass is 16.5. The summed E-state index contributed by atoms with van der Waals surface area (Å²) in [4.78, 5) is 0. The minimum Gasteiger partial charge on any atom is -0.496 e. The Morgan fingerprint density at radius 2 is 1.77 bits per heavy atom. The summed E-state index contributed by atoms with van der Waals surface area (Å²) in [5, 5.41) is 11.2. The summed E-state index contributed by atoms with van der Waals surface area (Å²) < 4.78 is 5.45. The second-order valence-electron chi connectivity index (χ2n) is 5.28. The lowest BCUT2D eigenvalue weighted by Gasteiger charge is -2.10. The third-order valence-corrected chi connectivity index (χ3v) is 3.86. The fraction of sp³-hybridized carbons (Fsp3) is 0.176. The summed E-state index contributed by atoms with van der Waals surface area (Å²) in [7, 11) is 1.68. The number of aromatic nitrogens is 3. The van der Waals surface area contributed by atoms with Crippen LogP contribution in [0.5, 0.6) is 5.75 Å². The van der Waals surface area contributed by atoms with Gasteiger partial charge < -0.3 is 10.5 Å². The number of benzene rings is 2. The fourth-order valence-corrected chi connectivity index (χ4v) is 2.46. The highest BCUT2D eigenvalue weighted by Crippen LogP contribution is 2.33. The number of aromatic amines is 1. The topological polar surface area (TPSA) is 76.8 Å². The van der Waals surface area contributed by atoms with E-state index in [9.17, 15) is 0 Å². The predicted molar refractivity (Wildman–Crippen MR) is 87.7 cm³/mol. The lowest BCUT2D eigenvalue weighted by atomic mass is 10.00. The van der Waals surface area contributed by atoms with Gasteiger partial charge in [-0.15, -0.1) is 5.10 Å². The number of nitrogens with zero attached hydrogens (tertiary/aromatic N) is 2. The molecule has 0 saturated carbocycles. The van der Waals surface area contributed by atoms with Crippen molar-refractivity contribution in [2.75, 3.05) is 12.8 Å². The smallest absolute Gasteiger partial charge is 0.122 e. The first-order chi connectivity index (χ1) is 10.6. The molecule has 5 heteroatoms. The quantitative estimate of drug-likeness (QED) is 0.726. The first-order valence-corrected chi connectivity index (χ1v) is 7.02. The number of hydrogen-bond acceptors (Lipinski definition) is 4. The van der Waals surface area contributed by atoms with E-state index in [0.717, 1.165) is 45.1 Å². The second-order valence-corrected chi connectivity index (χ2v) is 5.28. The van der Waals surface area contributed by atoms with E-state index in [2.05, 4.69) is 28.4 Å². The lowest BCUT2D eigenvalue weighted by Crippen LogP contribution is -1.93. The molecule has 3 rings (SSSR count). The van der Waals surface area contributed by atoms with Crippen molar-refractivity contribution in [3.63, 3.8) is 0 Å². The highest BCUT2D eigenvalue weighted by molar-refractivity contribution is 5.79. The number of hydrogen-bond donors (Lipinski definition) is 2. The Hall–Kier alpha value is -2.82. The van der Waals surface area contributed by atoms with Crippen LogP contribution < -0.4 is 10.5 Å². The maximum absolute atomic E-state index is 5.75. The molecule has 5 nitrogen and oxygen atoms in total. The van der Waals surface area contributed by atoms with Gasteiger partial charge in [0.05, 0.1) is 12.8 Å². The Morgan fingerprint density at radius 1 is 1.05 bits per heavy atom. The molecule has 0 bridgehead atoms. The summed E-state index contributed by atoms with van der Waals surface area (Å²) in [6.45, 7) is 4.10. The molecule has 0 fully saturated rings. The van der Waals surface area contributed by atoms with Crippen LogP contribution in [0.15, 0.2) is 36.4 Å². The van der Waals surface area contributed by atoms with Crippen LogP contribution in [0.25, 0.3) is 22.5 Å². The number of aryl methyl sites for hydroxylation is 1. The number of nitrogens with one attached hydrogen (secondary N) is 1. The molecule has 0 amide bonds. The molecular formula is C17H18N4O. The first kappa shape index (κ1) is 14.1. The lowest BCUT2D eigenvalue weighted by molar-refractivity contribution is 0.411. The van der Waals surface area contributed by atoms with Gasteiger partial charge in [0, 0.05) is 16.8 Å². The molecule has 0 radical (unpaired) electrons. The van der Waals surface area contributed by atoms with Crippen LogP contribution in [0.1, 0.15) is 11.1 Å². The van der Waals surface area contributed by atoms with E-state index in [-0.39, 0.29) is 0 Å². The Bertz CT molecular complexity index is 806. The van der Waals surface area contributed by atoms with Crippen LogP contribution in [0, 0.1) is 13.8 Å². The van der Waals surface area contributed by atoms with E-state index >= 15 is 0 Å². The van der Waals surface area contributed by atoms with Crippen molar-refractivity contribution in [2.45, 2.75) is 13.8 Å². The van der Waals surface area contributed by atoms with Crippen LogP contribution >= 0.6 is 0 Å². The molecule has 112 valence electrons. The minimum absolute atomic E-state index is 0.727. The van der Waals surface area contributed by atoms with Crippen molar-refractivity contribution in [1.29, 1.82) is 0 Å². The molecule has 0 saturated heterocycles. The van der Waals surface area contributed by atoms with Gasteiger partial charge in [-0.05, 0) is 49.2 Å². The molecule has 3 N–H and O–H groups in total. The molecule has 22 heavy (non-hydrogen) atoms. The number of ether oxygens (including phenoxy) is 1. The summed E-state index contributed by atoms with van der Waals surface area (Å²) in [5.41, 5.74) is 12.4. The zero-order valence-corrected chi connectivity index (χ0v) is 12.8. The second kappa shape index (κ2) is 5.52. The van der Waals surface area contributed by atoms with Gasteiger partial charge in [-0.1, -0.05) is 17.3 Å². The van der Waals surface area contributed by atoms with Gasteiger partial charge in [-0.25, -0.2) is 0 Å². The molecule has 3 aromatic rings. The zero-order valence-electron chi connectivity index (χ0n) is 12.8. The number of nitrogens with two attached hydrogens (primary N) is 1. The van der Waals surface area contributed by atoms with Gasteiger partial charge in [-0.2, -0.15) is 0 Å². The maximum Gasteiger partial charge on any atom is 0.122 e. The Balaban J connectivity index is 2.13. The normalized spacial score (nSPS) is 10.7. The van der Waals surface area contributed by atoms with Gasteiger partial charge in [-0.3, -0.25) is 5.10 Å².